The van der Waals surface area contributed by atoms with Crippen molar-refractivity contribution < 1.29 is 23.1 Å². The number of hydrogen-bond acceptors (Lipinski definition) is 3. The molecule has 1 amide bonds. The monoisotopic (exact) mass is 248 g/mol. The average Bonchev–Trinajstić information content (AvgIpc) is 2.25. The van der Waals surface area contributed by atoms with Gasteiger partial charge in [0.1, 0.15) is 11.9 Å². The zero-order chi connectivity index (χ0) is 13.0. The average molecular weight is 248 g/mol. The predicted molar refractivity (Wildman–Crippen MR) is 55.2 cm³/mol. The van der Waals surface area contributed by atoms with Crippen LogP contribution in [0.3, 0.4) is 0 Å². The number of aliphatic hydroxyl groups is 1. The number of halogens is 3. The molecule has 0 aliphatic heterocycles. The van der Waals surface area contributed by atoms with Crippen molar-refractivity contribution in [2.45, 2.75) is 12.5 Å². The molecule has 1 unspecified atom stereocenters. The molecule has 0 aromatic heterocycles. The second-order valence-corrected chi connectivity index (χ2v) is 3.34. The van der Waals surface area contributed by atoms with Crippen molar-refractivity contribution in [3.05, 3.63) is 29.6 Å². The highest BCUT2D eigenvalue weighted by atomic mass is 19.3. The molecule has 4 nitrogen and oxygen atoms in total. The molecule has 0 radical (unpaired) electrons. The Labute approximate surface area is 95.2 Å². The SMILES string of the molecule is Nc1cc(F)ccc1C(=O)NCC(O)C(F)F. The summed E-state index contributed by atoms with van der Waals surface area (Å²) in [7, 11) is 0. The Kier molecular flexibility index (Phi) is 4.33. The van der Waals surface area contributed by atoms with Gasteiger partial charge in [-0.25, -0.2) is 13.2 Å². The third kappa shape index (κ3) is 3.63. The van der Waals surface area contributed by atoms with Crippen LogP contribution in [0.2, 0.25) is 0 Å². The number of carbonyl (C=O) groups is 1. The molecule has 94 valence electrons. The lowest BCUT2D eigenvalue weighted by molar-refractivity contribution is -0.00269. The van der Waals surface area contributed by atoms with Gasteiger partial charge in [0.15, 0.2) is 0 Å². The first-order valence-electron chi connectivity index (χ1n) is 4.71. The molecule has 0 bridgehead atoms. The summed E-state index contributed by atoms with van der Waals surface area (Å²) >= 11 is 0. The molecule has 0 saturated heterocycles. The van der Waals surface area contributed by atoms with Gasteiger partial charge in [-0.15, -0.1) is 0 Å². The number of hydrogen-bond donors (Lipinski definition) is 3. The summed E-state index contributed by atoms with van der Waals surface area (Å²) in [5.74, 6) is -1.35. The Morgan fingerprint density at radius 2 is 2.12 bits per heavy atom. The van der Waals surface area contributed by atoms with E-state index in [-0.39, 0.29) is 11.3 Å². The summed E-state index contributed by atoms with van der Waals surface area (Å²) < 4.78 is 36.6. The quantitative estimate of drug-likeness (QED) is 0.689. The van der Waals surface area contributed by atoms with E-state index < -0.39 is 30.8 Å². The largest absolute Gasteiger partial charge is 0.398 e. The van der Waals surface area contributed by atoms with Crippen LogP contribution >= 0.6 is 0 Å². The molecule has 0 spiro atoms. The van der Waals surface area contributed by atoms with Gasteiger partial charge in [0.05, 0.1) is 5.56 Å². The lowest BCUT2D eigenvalue weighted by Gasteiger charge is -2.11. The molecule has 0 heterocycles. The standard InChI is InChI=1S/C10H11F3N2O2/c11-5-1-2-6(7(14)3-5)10(17)15-4-8(16)9(12)13/h1-3,8-9,16H,4,14H2,(H,15,17). The van der Waals surface area contributed by atoms with Gasteiger partial charge in [0, 0.05) is 12.2 Å². The predicted octanol–water partition coefficient (Wildman–Crippen LogP) is 0.764. The number of nitrogen functional groups attached to an aromatic ring is 1. The van der Waals surface area contributed by atoms with Gasteiger partial charge >= 0.3 is 0 Å². The van der Waals surface area contributed by atoms with E-state index >= 15 is 0 Å². The number of aliphatic hydroxyl groups excluding tert-OH is 1. The lowest BCUT2D eigenvalue weighted by atomic mass is 10.1. The second-order valence-electron chi connectivity index (χ2n) is 3.34. The molecular formula is C10H11F3N2O2. The van der Waals surface area contributed by atoms with Crippen LogP contribution in [0, 0.1) is 5.82 Å². The highest BCUT2D eigenvalue weighted by molar-refractivity contribution is 5.99. The molecule has 4 N–H and O–H groups in total. The fourth-order valence-electron chi connectivity index (χ4n) is 1.12. The Balaban J connectivity index is 2.64. The first-order chi connectivity index (χ1) is 7.91. The molecular weight excluding hydrogens is 237 g/mol. The minimum absolute atomic E-state index is 0.0344. The number of carbonyl (C=O) groups excluding carboxylic acids is 1. The van der Waals surface area contributed by atoms with Gasteiger partial charge in [0.25, 0.3) is 12.3 Å². The number of benzene rings is 1. The highest BCUT2D eigenvalue weighted by Crippen LogP contribution is 2.13. The van der Waals surface area contributed by atoms with Gasteiger partial charge in [-0.2, -0.15) is 0 Å². The van der Waals surface area contributed by atoms with E-state index in [0.717, 1.165) is 18.2 Å². The number of rotatable bonds is 4. The van der Waals surface area contributed by atoms with Crippen molar-refractivity contribution in [3.63, 3.8) is 0 Å². The van der Waals surface area contributed by atoms with Gasteiger partial charge in [-0.05, 0) is 18.2 Å². The summed E-state index contributed by atoms with van der Waals surface area (Å²) in [6, 6.07) is 3.10. The smallest absolute Gasteiger partial charge is 0.265 e. The fourth-order valence-corrected chi connectivity index (χ4v) is 1.12. The summed E-state index contributed by atoms with van der Waals surface area (Å²) in [5, 5.41) is 10.8. The van der Waals surface area contributed by atoms with Crippen molar-refractivity contribution in [1.29, 1.82) is 0 Å². The topological polar surface area (TPSA) is 75.4 Å². The molecule has 7 heteroatoms. The second kappa shape index (κ2) is 5.53. The van der Waals surface area contributed by atoms with Gasteiger partial charge in [-0.3, -0.25) is 4.79 Å². The zero-order valence-electron chi connectivity index (χ0n) is 8.66. The number of anilines is 1. The number of nitrogens with two attached hydrogens (primary N) is 1. The van der Waals surface area contributed by atoms with Gasteiger partial charge in [-0.1, -0.05) is 0 Å². The Morgan fingerprint density at radius 3 is 2.65 bits per heavy atom. The molecule has 1 aromatic carbocycles. The number of alkyl halides is 2. The van der Waals surface area contributed by atoms with E-state index in [1.165, 1.54) is 0 Å². The van der Waals surface area contributed by atoms with Crippen molar-refractivity contribution in [3.8, 4) is 0 Å². The minimum Gasteiger partial charge on any atom is -0.398 e. The van der Waals surface area contributed by atoms with E-state index in [1.807, 2.05) is 0 Å². The third-order valence-electron chi connectivity index (χ3n) is 2.02. The molecule has 0 saturated carbocycles. The first-order valence-corrected chi connectivity index (χ1v) is 4.71. The van der Waals surface area contributed by atoms with E-state index in [1.54, 1.807) is 0 Å². The van der Waals surface area contributed by atoms with Crippen LogP contribution in [-0.4, -0.2) is 30.1 Å². The minimum atomic E-state index is -2.94. The summed E-state index contributed by atoms with van der Waals surface area (Å²) in [6.45, 7) is -0.604. The van der Waals surface area contributed by atoms with E-state index in [0.29, 0.717) is 0 Å². The zero-order valence-corrected chi connectivity index (χ0v) is 8.66. The van der Waals surface area contributed by atoms with Crippen LogP contribution in [-0.2, 0) is 0 Å². The summed E-state index contributed by atoms with van der Waals surface area (Å²) in [5.41, 5.74) is 5.24. The maximum Gasteiger partial charge on any atom is 0.265 e. The maximum absolute atomic E-state index is 12.7. The van der Waals surface area contributed by atoms with Crippen molar-refractivity contribution in [2.75, 3.05) is 12.3 Å². The van der Waals surface area contributed by atoms with Crippen molar-refractivity contribution >= 4 is 11.6 Å². The lowest BCUT2D eigenvalue weighted by Crippen LogP contribution is -2.36. The van der Waals surface area contributed by atoms with E-state index in [2.05, 4.69) is 5.32 Å². The van der Waals surface area contributed by atoms with Gasteiger partial charge < -0.3 is 16.2 Å². The highest BCUT2D eigenvalue weighted by Gasteiger charge is 2.18. The van der Waals surface area contributed by atoms with Crippen molar-refractivity contribution in [2.24, 2.45) is 0 Å². The molecule has 0 aliphatic rings. The molecule has 1 rings (SSSR count). The van der Waals surface area contributed by atoms with Crippen LogP contribution in [0.1, 0.15) is 10.4 Å². The van der Waals surface area contributed by atoms with Crippen molar-refractivity contribution in [1.82, 2.24) is 5.32 Å². The summed E-state index contributed by atoms with van der Waals surface area (Å²) in [6.07, 6.45) is -4.89. The van der Waals surface area contributed by atoms with Gasteiger partial charge in [0.2, 0.25) is 0 Å². The van der Waals surface area contributed by atoms with Crippen LogP contribution in [0.15, 0.2) is 18.2 Å². The van der Waals surface area contributed by atoms with Crippen LogP contribution in [0.5, 0.6) is 0 Å². The van der Waals surface area contributed by atoms with Crippen LogP contribution < -0.4 is 11.1 Å². The number of nitrogens with one attached hydrogen (secondary N) is 1. The normalized spacial score (nSPS) is 12.5. The van der Waals surface area contributed by atoms with Crippen LogP contribution in [0.25, 0.3) is 0 Å². The Hall–Kier alpha value is -1.76. The van der Waals surface area contributed by atoms with E-state index in [4.69, 9.17) is 10.8 Å². The Morgan fingerprint density at radius 1 is 1.47 bits per heavy atom. The first kappa shape index (κ1) is 13.3. The molecule has 0 aliphatic carbocycles. The molecule has 1 aromatic rings. The van der Waals surface area contributed by atoms with Crippen LogP contribution in [0.4, 0.5) is 18.9 Å². The Bertz CT molecular complexity index is 413. The molecule has 0 fully saturated rings. The molecule has 17 heavy (non-hydrogen) atoms. The number of amides is 1. The summed E-state index contributed by atoms with van der Waals surface area (Å²) in [4.78, 5) is 11.4. The van der Waals surface area contributed by atoms with E-state index in [9.17, 15) is 18.0 Å². The fraction of sp³-hybridized carbons (Fsp3) is 0.300. The molecule has 1 atom stereocenters. The third-order valence-corrected chi connectivity index (χ3v) is 2.02. The maximum atomic E-state index is 12.7.